The van der Waals surface area contributed by atoms with Gasteiger partial charge in [0.1, 0.15) is 60.2 Å². The molecule has 24 aliphatic rings. The van der Waals surface area contributed by atoms with Gasteiger partial charge in [0.05, 0.1) is 75.1 Å². The maximum absolute atomic E-state index is 14.1. The smallest absolute Gasteiger partial charge is 0.446 e. The lowest BCUT2D eigenvalue weighted by atomic mass is 9.40. The largest absolute Gasteiger partial charge is 0.691 e. The van der Waals surface area contributed by atoms with Gasteiger partial charge in [-0.05, 0) is 349 Å². The number of aliphatic hydroxyl groups is 7. The van der Waals surface area contributed by atoms with Crippen molar-refractivity contribution < 1.29 is 242 Å². The number of esters is 6. The van der Waals surface area contributed by atoms with Crippen molar-refractivity contribution in [1.82, 2.24) is 0 Å². The Balaban J connectivity index is 0.000000148. The van der Waals surface area contributed by atoms with Crippen LogP contribution in [0.3, 0.4) is 0 Å². The van der Waals surface area contributed by atoms with Crippen LogP contribution in [0.5, 0.6) is 0 Å². The first-order chi connectivity index (χ1) is 68.5. The van der Waals surface area contributed by atoms with Gasteiger partial charge in [-0.1, -0.05) is 13.8 Å². The summed E-state index contributed by atoms with van der Waals surface area (Å²) in [6.45, 7) is 6.98. The number of carbonyl (C=O) groups excluding carboxylic acids is 6. The minimum atomic E-state index is -5.66. The van der Waals surface area contributed by atoms with E-state index in [2.05, 4.69) is 74.8 Å². The zero-order chi connectivity index (χ0) is 108. The lowest BCUT2D eigenvalue weighted by Gasteiger charge is -2.65. The van der Waals surface area contributed by atoms with E-state index < -0.39 is 186 Å². The average Bonchev–Trinajstić information content (AvgIpc) is 0.709. The van der Waals surface area contributed by atoms with Crippen molar-refractivity contribution in [1.29, 1.82) is 0 Å². The van der Waals surface area contributed by atoms with Gasteiger partial charge in [-0.3, -0.25) is 30.2 Å². The molecule has 0 saturated heterocycles. The highest BCUT2D eigenvalue weighted by Gasteiger charge is 2.71. The highest BCUT2D eigenvalue weighted by molar-refractivity contribution is 7.97. The molecule has 24 bridgehead atoms. The Labute approximate surface area is 861 Å². The van der Waals surface area contributed by atoms with E-state index in [0.29, 0.717) is 125 Å². The average molecular weight is 2260 g/mol. The predicted octanol–water partition coefficient (Wildman–Crippen LogP) is 11.0. The lowest BCUT2D eigenvalue weighted by Crippen LogP contribution is -2.60. The van der Waals surface area contributed by atoms with Crippen LogP contribution in [0.2, 0.25) is 0 Å². The van der Waals surface area contributed by atoms with Crippen molar-refractivity contribution in [2.24, 2.45) is 136 Å². The van der Waals surface area contributed by atoms with Crippen molar-refractivity contribution >= 4 is 108 Å². The Hall–Kier alpha value is -3.06. The Morgan fingerprint density at radius 3 is 0.986 bits per heavy atom. The van der Waals surface area contributed by atoms with Gasteiger partial charge in [-0.2, -0.15) is 83.1 Å². The molecule has 0 aromatic heterocycles. The van der Waals surface area contributed by atoms with Crippen LogP contribution in [-0.4, -0.2) is 192 Å². The van der Waals surface area contributed by atoms with E-state index in [0.717, 1.165) is 141 Å². The summed E-state index contributed by atoms with van der Waals surface area (Å²) in [5.41, 5.74) is -5.23. The molecule has 0 radical (unpaired) electrons. The fourth-order valence-corrected chi connectivity index (χ4v) is 34.7. The summed E-state index contributed by atoms with van der Waals surface area (Å²) in [5, 5.41) is 121. The SMILES string of the molecule is CC(C)(CCO)CC12CC3CC(CC(COC(=O)C(F)(F)SOO[O-])(C3)C1)C2.CC(C)(O)C12CC3CC(CC(COC(=O)C(F)(F)SOO[O-])(C3)C1)C2.O=C(OCC12CC3CC(C1)C(O)C(C3)C2)C(F)(F)SOO[O-].O=C(OCC12CC3CC(CC(C3)C1O)C2)C(F)(F)SOO[O-].O=C(OCC12CC3CC(CC(O)(C3)C1)C2)C(F)(SOO[O-])C(F)(F)F.O=C(OCC12CC3CC(CO)(CC(CO)(C3)C1)C2)C(F)(F)SOO[O-]. The molecule has 37 nitrogen and oxygen atoms in total. The second-order valence-corrected chi connectivity index (χ2v) is 52.9. The number of ether oxygens (including phenoxy) is 6. The molecular weight excluding hydrogens is 2130 g/mol. The number of rotatable bonds is 43. The number of hydrogen-bond acceptors (Lipinski definition) is 43. The second-order valence-electron chi connectivity index (χ2n) is 47.9. The van der Waals surface area contributed by atoms with Gasteiger partial charge in [0.2, 0.25) is 0 Å². The molecule has 7 N–H and O–H groups in total. The number of alkyl halides is 14. The monoisotopic (exact) mass is 2250 g/mol. The number of hydrogen-bond donors (Lipinski definition) is 7. The molecular formula is C90H124F14O37S6-6. The Bertz CT molecular complexity index is 4390. The minimum absolute atomic E-state index is 0.0115. The van der Waals surface area contributed by atoms with Crippen LogP contribution < -0.4 is 31.5 Å². The molecule has 0 heterocycles. The van der Waals surface area contributed by atoms with Gasteiger partial charge in [-0.25, -0.2) is 33.2 Å². The van der Waals surface area contributed by atoms with Gasteiger partial charge in [0.15, 0.2) is 0 Å². The molecule has 846 valence electrons. The highest BCUT2D eigenvalue weighted by atomic mass is 32.2. The van der Waals surface area contributed by atoms with Crippen LogP contribution in [-0.2, 0) is 113 Å². The normalized spacial score (nSPS) is 38.3. The molecule has 147 heavy (non-hydrogen) atoms. The van der Waals surface area contributed by atoms with Crippen LogP contribution in [0.4, 0.5) is 61.5 Å². The summed E-state index contributed by atoms with van der Waals surface area (Å²) in [6, 6.07) is 0. The fraction of sp³-hybridized carbons (Fsp3) is 0.933. The second kappa shape index (κ2) is 46.5. The van der Waals surface area contributed by atoms with Crippen molar-refractivity contribution in [2.45, 2.75) is 320 Å². The number of aliphatic hydroxyl groups excluding tert-OH is 5. The predicted molar refractivity (Wildman–Crippen MR) is 463 cm³/mol. The molecule has 24 fully saturated rings. The van der Waals surface area contributed by atoms with E-state index in [-0.39, 0.29) is 138 Å². The highest BCUT2D eigenvalue weighted by Crippen LogP contribution is 2.74. The summed E-state index contributed by atoms with van der Waals surface area (Å²) >= 11 is -4.51. The third-order valence-electron chi connectivity index (χ3n) is 35.3. The summed E-state index contributed by atoms with van der Waals surface area (Å²) in [7, 11) is 0. The van der Waals surface area contributed by atoms with Gasteiger partial charge in [-0.15, -0.1) is 0 Å². The molecule has 14 unspecified atom stereocenters. The molecule has 24 aliphatic carbocycles. The fourth-order valence-electron chi connectivity index (χ4n) is 33.2. The third-order valence-corrected chi connectivity index (χ3v) is 38.5. The van der Waals surface area contributed by atoms with Crippen molar-refractivity contribution in [3.8, 4) is 0 Å². The van der Waals surface area contributed by atoms with Crippen LogP contribution >= 0.6 is 72.3 Å². The van der Waals surface area contributed by atoms with Gasteiger partial charge in [0.25, 0.3) is 0 Å². The number of halogens is 14. The first-order valence-corrected chi connectivity index (χ1v) is 53.1. The zero-order valence-corrected chi connectivity index (χ0v) is 85.5. The standard InChI is InChI=1S/C19H30F2O6S.C16H24F2O6S.C15H22F2O7S.C14H18F4O6S.2C13H18F2O6S/c1-16(2,3-4-22)10-17-6-13-5-14(7-17)9-18(8-13,11-17)12-25-15(23)19(20,21)28-27-26-24;1-13(2,20)15-6-10-3-11(7-15)5-14(4-10,8-15)9-22-12(19)16(17,18)25-24-23-21;16-15(17,25-24-23-21)11(20)22-9-14-3-10-1-12(5-14,7-18)4-13(2-10,6-14)8-19;15-13(14(16,17)18,25-24-23-21)10(19)22-7-11-2-8-1-9(3-11)5-12(20,4-8)6-11;14-13(15,22-21-20-18)11(17)19-6-12-4-7-1-8(5-12)3-9(2-7)10(12)16;14-13(15,22-21-20-18)11(17)19-6-12-3-7-1-8(4-12)10(16)9(2-7)5-12/h13-14,22,24H,3-12H2,1-2H3;10-11,20-21H,3-9H2,1-2H3;10,18-19,21H,1-9H2;8-9,20-21H,1-7H2;2*7-10,16,18H,1-6H2/p-6. The van der Waals surface area contributed by atoms with Gasteiger partial charge >= 0.3 is 73.3 Å². The third kappa shape index (κ3) is 27.9. The van der Waals surface area contributed by atoms with E-state index in [4.69, 9.17) is 23.7 Å². The molecule has 0 amide bonds. The van der Waals surface area contributed by atoms with Crippen LogP contribution in [0.25, 0.3) is 0 Å². The Kier molecular flexibility index (Phi) is 38.2. The molecule has 0 spiro atoms. The van der Waals surface area contributed by atoms with Crippen molar-refractivity contribution in [3.05, 3.63) is 0 Å². The summed E-state index contributed by atoms with van der Waals surface area (Å²) in [6.07, 6.45) is 23.2. The molecule has 0 aromatic rings. The van der Waals surface area contributed by atoms with E-state index in [9.17, 15) is 158 Å². The topological polar surface area (TPSA) is 549 Å². The van der Waals surface area contributed by atoms with E-state index in [1.165, 1.54) is 6.42 Å². The maximum atomic E-state index is 14.1. The number of carbonyl (C=O) groups is 6. The summed E-state index contributed by atoms with van der Waals surface area (Å²) in [4.78, 5) is 69.8. The van der Waals surface area contributed by atoms with Crippen LogP contribution in [0, 0.1) is 136 Å². The Morgan fingerprint density at radius 1 is 0.320 bits per heavy atom. The first kappa shape index (κ1) is 121. The van der Waals surface area contributed by atoms with Gasteiger partial charge < -0.3 is 95.7 Å². The van der Waals surface area contributed by atoms with E-state index >= 15 is 0 Å². The first-order valence-electron chi connectivity index (χ1n) is 48.7. The summed E-state index contributed by atoms with van der Waals surface area (Å²) < 4.78 is 237. The summed E-state index contributed by atoms with van der Waals surface area (Å²) in [5.74, 6) is -6.36. The molecule has 57 heteroatoms. The lowest BCUT2D eigenvalue weighted by molar-refractivity contribution is -0.777. The molecule has 24 saturated carbocycles. The van der Waals surface area contributed by atoms with E-state index in [1.54, 1.807) is 0 Å². The molecule has 0 aromatic carbocycles. The Morgan fingerprint density at radius 2 is 0.612 bits per heavy atom. The van der Waals surface area contributed by atoms with Crippen LogP contribution in [0.1, 0.15) is 259 Å². The quantitative estimate of drug-likeness (QED) is 0.00744. The van der Waals surface area contributed by atoms with Crippen LogP contribution in [0.15, 0.2) is 0 Å². The molecule has 0 aliphatic heterocycles. The van der Waals surface area contributed by atoms with Crippen molar-refractivity contribution in [3.63, 3.8) is 0 Å². The van der Waals surface area contributed by atoms with Crippen molar-refractivity contribution in [2.75, 3.05) is 59.5 Å². The van der Waals surface area contributed by atoms with Gasteiger partial charge in [0, 0.05) is 52.3 Å². The zero-order valence-electron chi connectivity index (χ0n) is 80.6. The molecule has 24 rings (SSSR count). The molecule has 14 atom stereocenters. The van der Waals surface area contributed by atoms with E-state index in [1.807, 2.05) is 13.8 Å². The maximum Gasteiger partial charge on any atom is 0.446 e. The minimum Gasteiger partial charge on any atom is -0.691 e.